The molecular formula is C12H14N4O4. The molecule has 1 rings (SSSR count). The van der Waals surface area contributed by atoms with Crippen LogP contribution in [-0.4, -0.2) is 29.0 Å². The molecule has 8 heteroatoms. The number of nitrogens with zero attached hydrogens (tertiary/aromatic N) is 2. The second-order valence-corrected chi connectivity index (χ2v) is 4.00. The number of hydrazone groups is 1. The summed E-state index contributed by atoms with van der Waals surface area (Å²) in [5.41, 5.74) is 2.99. The van der Waals surface area contributed by atoms with Crippen molar-refractivity contribution in [1.29, 1.82) is 0 Å². The van der Waals surface area contributed by atoms with Gasteiger partial charge in [-0.25, -0.2) is 5.43 Å². The summed E-state index contributed by atoms with van der Waals surface area (Å²) in [6.45, 7) is 3.25. The van der Waals surface area contributed by atoms with Crippen LogP contribution in [0.4, 0.5) is 5.69 Å². The Hall–Kier alpha value is -2.77. The van der Waals surface area contributed by atoms with Crippen molar-refractivity contribution in [1.82, 2.24) is 10.7 Å². The first-order valence-corrected chi connectivity index (χ1v) is 5.72. The highest BCUT2D eigenvalue weighted by atomic mass is 16.6. The molecule has 0 saturated carbocycles. The van der Waals surface area contributed by atoms with Crippen LogP contribution >= 0.6 is 0 Å². The molecule has 0 spiro atoms. The van der Waals surface area contributed by atoms with E-state index in [1.54, 1.807) is 6.92 Å². The predicted octanol–water partition coefficient (Wildman–Crippen LogP) is 0.837. The van der Waals surface area contributed by atoms with Gasteiger partial charge >= 0.3 is 0 Å². The van der Waals surface area contributed by atoms with Crippen molar-refractivity contribution in [2.45, 2.75) is 13.8 Å². The molecule has 2 amide bonds. The van der Waals surface area contributed by atoms with Gasteiger partial charge in [-0.2, -0.15) is 5.10 Å². The third-order valence-electron chi connectivity index (χ3n) is 2.28. The van der Waals surface area contributed by atoms with Gasteiger partial charge in [0, 0.05) is 24.6 Å². The van der Waals surface area contributed by atoms with Crippen molar-refractivity contribution in [2.24, 2.45) is 5.10 Å². The number of hydrogen-bond donors (Lipinski definition) is 2. The van der Waals surface area contributed by atoms with Crippen LogP contribution in [0.15, 0.2) is 29.4 Å². The average Bonchev–Trinajstić information content (AvgIpc) is 2.42. The molecule has 0 fully saturated rings. The molecule has 0 heterocycles. The highest BCUT2D eigenvalue weighted by molar-refractivity contribution is 5.95. The zero-order valence-electron chi connectivity index (χ0n) is 11.0. The van der Waals surface area contributed by atoms with Crippen molar-refractivity contribution < 1.29 is 14.5 Å². The van der Waals surface area contributed by atoms with E-state index in [9.17, 15) is 19.7 Å². The van der Waals surface area contributed by atoms with Crippen molar-refractivity contribution in [2.75, 3.05) is 6.54 Å². The summed E-state index contributed by atoms with van der Waals surface area (Å²) in [6, 6.07) is 5.16. The maximum Gasteiger partial charge on any atom is 0.271 e. The molecule has 106 valence electrons. The quantitative estimate of drug-likeness (QED) is 0.471. The van der Waals surface area contributed by atoms with E-state index >= 15 is 0 Å². The molecule has 0 aliphatic heterocycles. The van der Waals surface area contributed by atoms with Gasteiger partial charge in [0.2, 0.25) is 5.91 Å². The van der Waals surface area contributed by atoms with E-state index in [4.69, 9.17) is 0 Å². The standard InChI is InChI=1S/C12H14N4O4/c1-8(7-13-9(2)17)14-15-12(18)10-3-5-11(6-4-10)16(19)20/h3-6H,7H2,1-2H3,(H,13,17)(H,15,18)/b14-8+. The van der Waals surface area contributed by atoms with Gasteiger partial charge in [0.25, 0.3) is 11.6 Å². The first kappa shape index (κ1) is 15.3. The molecule has 0 radical (unpaired) electrons. The number of hydrogen-bond acceptors (Lipinski definition) is 5. The van der Waals surface area contributed by atoms with Crippen LogP contribution in [0.3, 0.4) is 0 Å². The van der Waals surface area contributed by atoms with Gasteiger partial charge in [-0.1, -0.05) is 0 Å². The maximum atomic E-state index is 11.7. The number of amides is 2. The summed E-state index contributed by atoms with van der Waals surface area (Å²) in [6.07, 6.45) is 0. The Bertz CT molecular complexity index is 551. The van der Waals surface area contributed by atoms with E-state index in [0.717, 1.165) is 0 Å². The van der Waals surface area contributed by atoms with Crippen molar-refractivity contribution >= 4 is 23.2 Å². The number of carbonyl (C=O) groups is 2. The molecule has 0 bridgehead atoms. The molecular weight excluding hydrogens is 264 g/mol. The lowest BCUT2D eigenvalue weighted by atomic mass is 10.2. The lowest BCUT2D eigenvalue weighted by molar-refractivity contribution is -0.384. The predicted molar refractivity (Wildman–Crippen MR) is 72.4 cm³/mol. The van der Waals surface area contributed by atoms with E-state index < -0.39 is 10.8 Å². The van der Waals surface area contributed by atoms with Crippen molar-refractivity contribution in [3.05, 3.63) is 39.9 Å². The lowest BCUT2D eigenvalue weighted by Crippen LogP contribution is -2.28. The van der Waals surface area contributed by atoms with Crippen LogP contribution in [0, 0.1) is 10.1 Å². The van der Waals surface area contributed by atoms with Crippen LogP contribution in [-0.2, 0) is 4.79 Å². The van der Waals surface area contributed by atoms with Crippen molar-refractivity contribution in [3.63, 3.8) is 0 Å². The lowest BCUT2D eigenvalue weighted by Gasteiger charge is -2.03. The van der Waals surface area contributed by atoms with Gasteiger partial charge in [-0.3, -0.25) is 19.7 Å². The highest BCUT2D eigenvalue weighted by Crippen LogP contribution is 2.11. The number of nitro groups is 1. The van der Waals surface area contributed by atoms with Gasteiger partial charge in [-0.15, -0.1) is 0 Å². The highest BCUT2D eigenvalue weighted by Gasteiger charge is 2.08. The van der Waals surface area contributed by atoms with E-state index in [0.29, 0.717) is 5.71 Å². The molecule has 0 atom stereocenters. The van der Waals surface area contributed by atoms with Gasteiger partial charge in [0.05, 0.1) is 17.2 Å². The van der Waals surface area contributed by atoms with Gasteiger partial charge in [0.15, 0.2) is 0 Å². The minimum Gasteiger partial charge on any atom is -0.351 e. The number of benzene rings is 1. The number of nitrogens with one attached hydrogen (secondary N) is 2. The molecule has 2 N–H and O–H groups in total. The van der Waals surface area contributed by atoms with E-state index in [1.165, 1.54) is 31.2 Å². The fraction of sp³-hybridized carbons (Fsp3) is 0.250. The molecule has 0 saturated heterocycles. The molecule has 0 aliphatic carbocycles. The number of non-ortho nitro benzene ring substituents is 1. The summed E-state index contributed by atoms with van der Waals surface area (Å²) >= 11 is 0. The molecule has 0 unspecified atom stereocenters. The largest absolute Gasteiger partial charge is 0.351 e. The summed E-state index contributed by atoms with van der Waals surface area (Å²) in [5.74, 6) is -0.677. The monoisotopic (exact) mass is 278 g/mol. The Labute approximate surface area is 115 Å². The summed E-state index contributed by atoms with van der Waals surface area (Å²) in [7, 11) is 0. The minimum atomic E-state index is -0.544. The minimum absolute atomic E-state index is 0.0908. The number of rotatable bonds is 5. The molecule has 20 heavy (non-hydrogen) atoms. The summed E-state index contributed by atoms with van der Waals surface area (Å²) in [5, 5.41) is 16.8. The Morgan fingerprint density at radius 1 is 1.25 bits per heavy atom. The molecule has 1 aromatic carbocycles. The van der Waals surface area contributed by atoms with Crippen LogP contribution in [0.1, 0.15) is 24.2 Å². The number of nitro benzene ring substituents is 1. The average molecular weight is 278 g/mol. The first-order valence-electron chi connectivity index (χ1n) is 5.72. The summed E-state index contributed by atoms with van der Waals surface area (Å²) in [4.78, 5) is 32.3. The first-order chi connectivity index (χ1) is 9.40. The third-order valence-corrected chi connectivity index (χ3v) is 2.28. The molecule has 1 aromatic rings. The van der Waals surface area contributed by atoms with Gasteiger partial charge in [0.1, 0.15) is 0 Å². The second-order valence-electron chi connectivity index (χ2n) is 4.00. The smallest absolute Gasteiger partial charge is 0.271 e. The Balaban J connectivity index is 2.60. The topological polar surface area (TPSA) is 114 Å². The van der Waals surface area contributed by atoms with Gasteiger partial charge in [-0.05, 0) is 19.1 Å². The fourth-order valence-electron chi connectivity index (χ4n) is 1.24. The van der Waals surface area contributed by atoms with E-state index in [2.05, 4.69) is 15.8 Å². The Morgan fingerprint density at radius 3 is 2.35 bits per heavy atom. The molecule has 0 aromatic heterocycles. The fourth-order valence-corrected chi connectivity index (χ4v) is 1.24. The molecule has 0 aliphatic rings. The maximum absolute atomic E-state index is 11.7. The Morgan fingerprint density at radius 2 is 1.85 bits per heavy atom. The summed E-state index contributed by atoms with van der Waals surface area (Å²) < 4.78 is 0. The zero-order chi connectivity index (χ0) is 15.1. The van der Waals surface area contributed by atoms with Crippen LogP contribution in [0.2, 0.25) is 0 Å². The van der Waals surface area contributed by atoms with Crippen molar-refractivity contribution in [3.8, 4) is 0 Å². The number of carbonyl (C=O) groups excluding carboxylic acids is 2. The van der Waals surface area contributed by atoms with Crippen LogP contribution in [0.5, 0.6) is 0 Å². The Kier molecular flexibility index (Phi) is 5.33. The SMILES string of the molecule is CC(=O)NC/C(C)=N/NC(=O)c1ccc([N+](=O)[O-])cc1. The third kappa shape index (κ3) is 4.84. The van der Waals surface area contributed by atoms with E-state index in [1.807, 2.05) is 0 Å². The zero-order valence-corrected chi connectivity index (χ0v) is 11.0. The molecule has 8 nitrogen and oxygen atoms in total. The van der Waals surface area contributed by atoms with Crippen LogP contribution < -0.4 is 10.7 Å². The van der Waals surface area contributed by atoms with Gasteiger partial charge < -0.3 is 5.32 Å². The normalized spacial score (nSPS) is 10.8. The van der Waals surface area contributed by atoms with Crippen LogP contribution in [0.25, 0.3) is 0 Å². The second kappa shape index (κ2) is 6.98. The van der Waals surface area contributed by atoms with E-state index in [-0.39, 0.29) is 23.7 Å².